The lowest BCUT2D eigenvalue weighted by atomic mass is 10.0. The third-order valence-electron chi connectivity index (χ3n) is 2.64. The Bertz CT molecular complexity index is 350. The molecular formula is C13H21NO5. The van der Waals surface area contributed by atoms with E-state index in [-0.39, 0.29) is 0 Å². The molecule has 0 saturated heterocycles. The second-order valence-electron chi connectivity index (χ2n) is 4.39. The first-order chi connectivity index (χ1) is 8.88. The minimum Gasteiger partial charge on any atom is -0.473 e. The number of carboxylic acid groups (broad SMARTS) is 2. The Labute approximate surface area is 112 Å². The van der Waals surface area contributed by atoms with Crippen molar-refractivity contribution in [2.45, 2.75) is 32.6 Å². The van der Waals surface area contributed by atoms with Crippen molar-refractivity contribution in [3.05, 3.63) is 11.6 Å². The molecule has 0 aliphatic carbocycles. The second kappa shape index (κ2) is 9.27. The van der Waals surface area contributed by atoms with Crippen molar-refractivity contribution in [3.63, 3.8) is 0 Å². The standard InChI is InChI=1S/C11H19NO.C2H2O4/c1-3-4-7-11(13)10-6-5-8-12(2)9-10;3-1(4)2(5)6/h6H,3-5,7-9H2,1-2H3;(H,3,4)(H,5,6). The van der Waals surface area contributed by atoms with Crippen LogP contribution in [-0.2, 0) is 14.4 Å². The van der Waals surface area contributed by atoms with Crippen molar-refractivity contribution in [1.29, 1.82) is 0 Å². The molecule has 0 fully saturated rings. The van der Waals surface area contributed by atoms with Crippen LogP contribution in [-0.4, -0.2) is 53.0 Å². The van der Waals surface area contributed by atoms with Crippen molar-refractivity contribution < 1.29 is 24.6 Å². The number of carbonyl (C=O) groups excluding carboxylic acids is 1. The zero-order chi connectivity index (χ0) is 14.8. The van der Waals surface area contributed by atoms with Gasteiger partial charge in [-0.3, -0.25) is 4.79 Å². The first kappa shape index (κ1) is 17.3. The van der Waals surface area contributed by atoms with Gasteiger partial charge in [-0.15, -0.1) is 0 Å². The van der Waals surface area contributed by atoms with E-state index in [0.29, 0.717) is 5.78 Å². The summed E-state index contributed by atoms with van der Waals surface area (Å²) in [5.41, 5.74) is 1.03. The van der Waals surface area contributed by atoms with E-state index in [0.717, 1.165) is 44.3 Å². The van der Waals surface area contributed by atoms with Crippen LogP contribution in [0.3, 0.4) is 0 Å². The summed E-state index contributed by atoms with van der Waals surface area (Å²) in [4.78, 5) is 32.0. The van der Waals surface area contributed by atoms with Crippen LogP contribution >= 0.6 is 0 Å². The summed E-state index contributed by atoms with van der Waals surface area (Å²) in [6.45, 7) is 4.06. The first-order valence-corrected chi connectivity index (χ1v) is 6.25. The lowest BCUT2D eigenvalue weighted by Gasteiger charge is -2.21. The average Bonchev–Trinajstić information content (AvgIpc) is 2.36. The molecule has 0 bridgehead atoms. The largest absolute Gasteiger partial charge is 0.473 e. The average molecular weight is 271 g/mol. The minimum absolute atomic E-state index is 0.355. The molecule has 1 heterocycles. The van der Waals surface area contributed by atoms with E-state index in [2.05, 4.69) is 24.9 Å². The van der Waals surface area contributed by atoms with Gasteiger partial charge in [0.1, 0.15) is 0 Å². The van der Waals surface area contributed by atoms with Gasteiger partial charge in [0.2, 0.25) is 0 Å². The molecule has 0 aromatic heterocycles. The van der Waals surface area contributed by atoms with Gasteiger partial charge in [-0.1, -0.05) is 19.4 Å². The molecule has 0 aromatic rings. The van der Waals surface area contributed by atoms with Gasteiger partial charge in [-0.2, -0.15) is 0 Å². The van der Waals surface area contributed by atoms with E-state index in [1.165, 1.54) is 0 Å². The highest BCUT2D eigenvalue weighted by Crippen LogP contribution is 2.11. The summed E-state index contributed by atoms with van der Waals surface area (Å²) < 4.78 is 0. The summed E-state index contributed by atoms with van der Waals surface area (Å²) in [5, 5.41) is 14.8. The normalized spacial score (nSPS) is 14.9. The molecule has 108 valence electrons. The van der Waals surface area contributed by atoms with Gasteiger partial charge in [0.05, 0.1) is 0 Å². The summed E-state index contributed by atoms with van der Waals surface area (Å²) in [5.74, 6) is -3.29. The molecule has 1 aliphatic rings. The van der Waals surface area contributed by atoms with Crippen molar-refractivity contribution in [2.24, 2.45) is 0 Å². The maximum absolute atomic E-state index is 11.6. The van der Waals surface area contributed by atoms with E-state index in [1.807, 2.05) is 0 Å². The predicted molar refractivity (Wildman–Crippen MR) is 70.0 cm³/mol. The van der Waals surface area contributed by atoms with E-state index >= 15 is 0 Å². The number of likely N-dealkylation sites (N-methyl/N-ethyl adjacent to an activating group) is 1. The monoisotopic (exact) mass is 271 g/mol. The fourth-order valence-electron chi connectivity index (χ4n) is 1.59. The number of ketones is 1. The molecule has 0 atom stereocenters. The molecule has 19 heavy (non-hydrogen) atoms. The van der Waals surface area contributed by atoms with Gasteiger partial charge in [0.15, 0.2) is 5.78 Å². The van der Waals surface area contributed by atoms with Crippen LogP contribution in [0.2, 0.25) is 0 Å². The summed E-state index contributed by atoms with van der Waals surface area (Å²) in [6.07, 6.45) is 6.01. The number of carbonyl (C=O) groups is 3. The zero-order valence-electron chi connectivity index (χ0n) is 11.4. The van der Waals surface area contributed by atoms with Crippen LogP contribution in [0, 0.1) is 0 Å². The molecule has 6 nitrogen and oxygen atoms in total. The second-order valence-corrected chi connectivity index (χ2v) is 4.39. The topological polar surface area (TPSA) is 94.9 Å². The van der Waals surface area contributed by atoms with Crippen LogP contribution in [0.1, 0.15) is 32.6 Å². The highest BCUT2D eigenvalue weighted by Gasteiger charge is 2.14. The Morgan fingerprint density at radius 3 is 2.26 bits per heavy atom. The van der Waals surface area contributed by atoms with E-state index < -0.39 is 11.9 Å². The smallest absolute Gasteiger partial charge is 0.414 e. The van der Waals surface area contributed by atoms with Crippen molar-refractivity contribution >= 4 is 17.7 Å². The van der Waals surface area contributed by atoms with Gasteiger partial charge in [-0.05, 0) is 19.9 Å². The Hall–Kier alpha value is -1.69. The minimum atomic E-state index is -1.82. The van der Waals surface area contributed by atoms with Crippen LogP contribution in [0.15, 0.2) is 11.6 Å². The molecular weight excluding hydrogens is 250 g/mol. The molecule has 0 saturated carbocycles. The van der Waals surface area contributed by atoms with E-state index in [1.54, 1.807) is 0 Å². The molecule has 0 amide bonds. The number of hydrogen-bond donors (Lipinski definition) is 2. The molecule has 6 heteroatoms. The number of unbranched alkanes of at least 4 members (excludes halogenated alkanes) is 1. The van der Waals surface area contributed by atoms with E-state index in [9.17, 15) is 4.79 Å². The third-order valence-corrected chi connectivity index (χ3v) is 2.64. The van der Waals surface area contributed by atoms with Crippen LogP contribution in [0.25, 0.3) is 0 Å². The highest BCUT2D eigenvalue weighted by atomic mass is 16.4. The third kappa shape index (κ3) is 8.10. The Balaban J connectivity index is 0.000000459. The van der Waals surface area contributed by atoms with E-state index in [4.69, 9.17) is 19.8 Å². The molecule has 0 radical (unpaired) electrons. The number of nitrogens with zero attached hydrogens (tertiary/aromatic N) is 1. The molecule has 0 unspecified atom stereocenters. The fraction of sp³-hybridized carbons (Fsp3) is 0.615. The Kier molecular flexibility index (Phi) is 8.44. The fourth-order valence-corrected chi connectivity index (χ4v) is 1.59. The van der Waals surface area contributed by atoms with Crippen LogP contribution < -0.4 is 0 Å². The first-order valence-electron chi connectivity index (χ1n) is 6.25. The summed E-state index contributed by atoms with van der Waals surface area (Å²) >= 11 is 0. The van der Waals surface area contributed by atoms with Gasteiger partial charge in [0.25, 0.3) is 0 Å². The van der Waals surface area contributed by atoms with Gasteiger partial charge < -0.3 is 15.1 Å². The van der Waals surface area contributed by atoms with Crippen LogP contribution in [0.4, 0.5) is 0 Å². The molecule has 0 spiro atoms. The Morgan fingerprint density at radius 2 is 1.84 bits per heavy atom. The summed E-state index contributed by atoms with van der Waals surface area (Å²) in [6, 6.07) is 0. The highest BCUT2D eigenvalue weighted by molar-refractivity contribution is 6.27. The number of rotatable bonds is 4. The van der Waals surface area contributed by atoms with Gasteiger partial charge in [0, 0.05) is 25.1 Å². The van der Waals surface area contributed by atoms with Crippen molar-refractivity contribution in [1.82, 2.24) is 4.90 Å². The van der Waals surface area contributed by atoms with Crippen molar-refractivity contribution in [3.8, 4) is 0 Å². The molecule has 0 aromatic carbocycles. The lowest BCUT2D eigenvalue weighted by Crippen LogP contribution is -2.28. The predicted octanol–water partition coefficient (Wildman–Crippen LogP) is 1.16. The SMILES string of the molecule is CCCCC(=O)C1=CCCN(C)C1.O=C(O)C(=O)O. The van der Waals surface area contributed by atoms with Gasteiger partial charge in [-0.25, -0.2) is 9.59 Å². The van der Waals surface area contributed by atoms with Crippen LogP contribution in [0.5, 0.6) is 0 Å². The molecule has 2 N–H and O–H groups in total. The number of aliphatic carboxylic acids is 2. The molecule has 1 rings (SSSR count). The lowest BCUT2D eigenvalue weighted by molar-refractivity contribution is -0.159. The summed E-state index contributed by atoms with van der Waals surface area (Å²) in [7, 11) is 2.07. The van der Waals surface area contributed by atoms with Crippen molar-refractivity contribution in [2.75, 3.05) is 20.1 Å². The maximum Gasteiger partial charge on any atom is 0.414 e. The number of hydrogen-bond acceptors (Lipinski definition) is 4. The Morgan fingerprint density at radius 1 is 1.26 bits per heavy atom. The quantitative estimate of drug-likeness (QED) is 0.745. The number of Topliss-reactive ketones (excluding diaryl/α,β-unsaturated/α-hetero) is 1. The maximum atomic E-state index is 11.6. The zero-order valence-corrected chi connectivity index (χ0v) is 11.4. The van der Waals surface area contributed by atoms with Gasteiger partial charge >= 0.3 is 11.9 Å². The number of carboxylic acids is 2. The molecule has 1 aliphatic heterocycles.